The summed E-state index contributed by atoms with van der Waals surface area (Å²) in [5, 5.41) is 4.00. The normalized spacial score (nSPS) is 11.2. The number of nitrogens with zero attached hydrogens (tertiary/aromatic N) is 3. The number of hydrogen-bond acceptors (Lipinski definition) is 4. The van der Waals surface area contributed by atoms with Gasteiger partial charge in [-0.1, -0.05) is 20.4 Å². The number of halogens is 1. The summed E-state index contributed by atoms with van der Waals surface area (Å²) in [6, 6.07) is 4.09. The molecule has 0 fully saturated rings. The maximum atomic E-state index is 4.61. The van der Waals surface area contributed by atoms with Gasteiger partial charge in [0.25, 0.3) is 0 Å². The molecule has 0 amide bonds. The van der Waals surface area contributed by atoms with Gasteiger partial charge in [-0.15, -0.1) is 5.10 Å². The van der Waals surface area contributed by atoms with Crippen LogP contribution < -0.4 is 0 Å². The third-order valence-electron chi connectivity index (χ3n) is 2.61. The van der Waals surface area contributed by atoms with Gasteiger partial charge < -0.3 is 4.98 Å². The number of nitrogens with one attached hydrogen (secondary N) is 1. The Morgan fingerprint density at radius 2 is 2.12 bits per heavy atom. The molecule has 1 N–H and O–H groups in total. The van der Waals surface area contributed by atoms with Gasteiger partial charge in [-0.05, 0) is 43.1 Å². The second-order valence-corrected chi connectivity index (χ2v) is 5.56. The molecule has 2 heterocycles. The van der Waals surface area contributed by atoms with Crippen LogP contribution in [-0.2, 0) is 0 Å². The van der Waals surface area contributed by atoms with Crippen molar-refractivity contribution in [1.82, 2.24) is 19.6 Å². The number of aromatic amines is 1. The van der Waals surface area contributed by atoms with E-state index < -0.39 is 0 Å². The Morgan fingerprint density at radius 1 is 1.29 bits per heavy atom. The molecule has 0 bridgehead atoms. The van der Waals surface area contributed by atoms with E-state index in [0.717, 1.165) is 37.5 Å². The van der Waals surface area contributed by atoms with E-state index >= 15 is 0 Å². The smallest absolute Gasteiger partial charge is 0.152 e. The van der Waals surface area contributed by atoms with E-state index in [1.165, 1.54) is 11.5 Å². The predicted molar refractivity (Wildman–Crippen MR) is 72.2 cm³/mol. The van der Waals surface area contributed by atoms with Gasteiger partial charge in [0.1, 0.15) is 4.88 Å². The van der Waals surface area contributed by atoms with Crippen LogP contribution in [0.5, 0.6) is 0 Å². The summed E-state index contributed by atoms with van der Waals surface area (Å²) in [6.07, 6.45) is 0. The molecule has 0 spiro atoms. The van der Waals surface area contributed by atoms with Crippen LogP contribution in [0.2, 0.25) is 0 Å². The lowest BCUT2D eigenvalue weighted by molar-refractivity contribution is 1.09. The van der Waals surface area contributed by atoms with Gasteiger partial charge in [0, 0.05) is 4.47 Å². The van der Waals surface area contributed by atoms with E-state index in [1.807, 2.05) is 13.0 Å². The third kappa shape index (κ3) is 1.77. The summed E-state index contributed by atoms with van der Waals surface area (Å²) in [5.41, 5.74) is 4.08. The number of H-pyrrole nitrogens is 1. The van der Waals surface area contributed by atoms with Crippen molar-refractivity contribution in [2.24, 2.45) is 0 Å². The number of hydrogen-bond donors (Lipinski definition) is 1. The van der Waals surface area contributed by atoms with Crippen molar-refractivity contribution in [2.45, 2.75) is 13.8 Å². The lowest BCUT2D eigenvalue weighted by Crippen LogP contribution is -1.79. The Balaban J connectivity index is 2.27. The van der Waals surface area contributed by atoms with Crippen molar-refractivity contribution >= 4 is 38.5 Å². The van der Waals surface area contributed by atoms with Crippen molar-refractivity contribution in [1.29, 1.82) is 0 Å². The molecule has 0 saturated carbocycles. The monoisotopic (exact) mass is 308 g/mol. The summed E-state index contributed by atoms with van der Waals surface area (Å²) in [4.78, 5) is 8.92. The second kappa shape index (κ2) is 3.89. The number of imidazole rings is 1. The third-order valence-corrected chi connectivity index (χ3v) is 3.90. The molecule has 3 rings (SSSR count). The van der Waals surface area contributed by atoms with Crippen LogP contribution in [0.15, 0.2) is 16.6 Å². The summed E-state index contributed by atoms with van der Waals surface area (Å²) < 4.78 is 4.98. The summed E-state index contributed by atoms with van der Waals surface area (Å²) >= 11 is 4.85. The average molecular weight is 309 g/mol. The van der Waals surface area contributed by atoms with Crippen molar-refractivity contribution in [3.05, 3.63) is 27.9 Å². The molecule has 0 aliphatic rings. The van der Waals surface area contributed by atoms with Gasteiger partial charge in [0.15, 0.2) is 5.82 Å². The first kappa shape index (κ1) is 10.9. The molecule has 3 aromatic rings. The molecule has 17 heavy (non-hydrogen) atoms. The maximum Gasteiger partial charge on any atom is 0.152 e. The highest BCUT2D eigenvalue weighted by molar-refractivity contribution is 9.10. The number of aromatic nitrogens is 4. The van der Waals surface area contributed by atoms with Crippen molar-refractivity contribution in [2.75, 3.05) is 0 Å². The zero-order valence-electron chi connectivity index (χ0n) is 9.28. The fourth-order valence-corrected chi connectivity index (χ4v) is 2.98. The van der Waals surface area contributed by atoms with Crippen molar-refractivity contribution in [3.63, 3.8) is 0 Å². The molecule has 0 unspecified atom stereocenters. The van der Waals surface area contributed by atoms with E-state index in [0.29, 0.717) is 0 Å². The van der Waals surface area contributed by atoms with Gasteiger partial charge in [-0.25, -0.2) is 4.98 Å². The first-order valence-corrected chi connectivity index (χ1v) is 6.67. The van der Waals surface area contributed by atoms with Crippen LogP contribution in [0, 0.1) is 13.8 Å². The Kier molecular flexibility index (Phi) is 2.48. The number of benzene rings is 1. The van der Waals surface area contributed by atoms with Gasteiger partial charge >= 0.3 is 0 Å². The Morgan fingerprint density at radius 3 is 2.82 bits per heavy atom. The Bertz CT molecular complexity index is 701. The molecule has 0 saturated heterocycles. The minimum absolute atomic E-state index is 0.841. The zero-order valence-corrected chi connectivity index (χ0v) is 11.7. The minimum Gasteiger partial charge on any atom is -0.337 e. The molecule has 86 valence electrons. The predicted octanol–water partition coefficient (Wildman–Crippen LogP) is 3.46. The second-order valence-electron chi connectivity index (χ2n) is 3.89. The molecule has 4 nitrogen and oxygen atoms in total. The van der Waals surface area contributed by atoms with E-state index in [4.69, 9.17) is 0 Å². The molecule has 0 aliphatic heterocycles. The molecule has 0 radical (unpaired) electrons. The lowest BCUT2D eigenvalue weighted by atomic mass is 10.2. The van der Waals surface area contributed by atoms with Crippen molar-refractivity contribution < 1.29 is 0 Å². The van der Waals surface area contributed by atoms with Crippen LogP contribution in [0.1, 0.15) is 11.3 Å². The highest BCUT2D eigenvalue weighted by Crippen LogP contribution is 2.28. The molecular formula is C11H9BrN4S. The van der Waals surface area contributed by atoms with Crippen LogP contribution >= 0.6 is 27.5 Å². The number of rotatable bonds is 1. The van der Waals surface area contributed by atoms with Crippen LogP contribution in [0.3, 0.4) is 0 Å². The molecule has 2 aromatic heterocycles. The van der Waals surface area contributed by atoms with Gasteiger partial charge in [0.05, 0.1) is 16.7 Å². The minimum atomic E-state index is 0.841. The lowest BCUT2D eigenvalue weighted by Gasteiger charge is -1.94. The average Bonchev–Trinajstić information content (AvgIpc) is 2.83. The van der Waals surface area contributed by atoms with Gasteiger partial charge in [-0.3, -0.25) is 0 Å². The van der Waals surface area contributed by atoms with Crippen LogP contribution in [-0.4, -0.2) is 19.6 Å². The SMILES string of the molecule is Cc1nnsc1-c1nc2c(C)cc(Br)cc2[nH]1. The summed E-state index contributed by atoms with van der Waals surface area (Å²) in [7, 11) is 0. The van der Waals surface area contributed by atoms with Gasteiger partial charge in [-0.2, -0.15) is 0 Å². The first-order chi connectivity index (χ1) is 8.15. The Labute approximate surface area is 110 Å². The van der Waals surface area contributed by atoms with E-state index in [1.54, 1.807) is 0 Å². The molecule has 0 aliphatic carbocycles. The fourth-order valence-electron chi connectivity index (χ4n) is 1.80. The summed E-state index contributed by atoms with van der Waals surface area (Å²) in [6.45, 7) is 3.99. The first-order valence-electron chi connectivity index (χ1n) is 5.10. The number of aryl methyl sites for hydroxylation is 2. The molecule has 0 atom stereocenters. The molecule has 1 aromatic carbocycles. The largest absolute Gasteiger partial charge is 0.337 e. The van der Waals surface area contributed by atoms with E-state index in [2.05, 4.69) is 48.5 Å². The highest BCUT2D eigenvalue weighted by atomic mass is 79.9. The zero-order chi connectivity index (χ0) is 12.0. The standard InChI is InChI=1S/C11H9BrN4S/c1-5-3-7(12)4-8-9(5)14-11(13-8)10-6(2)15-16-17-10/h3-4H,1-2H3,(H,13,14). The highest BCUT2D eigenvalue weighted by Gasteiger charge is 2.12. The van der Waals surface area contributed by atoms with Gasteiger partial charge in [0.2, 0.25) is 0 Å². The van der Waals surface area contributed by atoms with Crippen LogP contribution in [0.4, 0.5) is 0 Å². The summed E-state index contributed by atoms with van der Waals surface area (Å²) in [5.74, 6) is 0.841. The molecule has 6 heteroatoms. The quantitative estimate of drug-likeness (QED) is 0.749. The Hall–Kier alpha value is -1.27. The van der Waals surface area contributed by atoms with E-state index in [9.17, 15) is 0 Å². The topological polar surface area (TPSA) is 54.5 Å². The maximum absolute atomic E-state index is 4.61. The number of fused-ring (bicyclic) bond motifs is 1. The van der Waals surface area contributed by atoms with Crippen LogP contribution in [0.25, 0.3) is 21.7 Å². The fraction of sp³-hybridized carbons (Fsp3) is 0.182. The van der Waals surface area contributed by atoms with Crippen molar-refractivity contribution in [3.8, 4) is 10.7 Å². The van der Waals surface area contributed by atoms with E-state index in [-0.39, 0.29) is 0 Å². The molecular weight excluding hydrogens is 300 g/mol.